The molecular weight excluding hydrogens is 475 g/mol. The Kier molecular flexibility index (Phi) is 9.54. The van der Waals surface area contributed by atoms with E-state index in [2.05, 4.69) is 6.92 Å². The lowest BCUT2D eigenvalue weighted by molar-refractivity contribution is -0.136. The van der Waals surface area contributed by atoms with Crippen LogP contribution in [0.4, 0.5) is 4.39 Å². The monoisotopic (exact) mass is 500 g/mol. The van der Waals surface area contributed by atoms with Gasteiger partial charge in [-0.05, 0) is 66.4 Å². The van der Waals surface area contributed by atoms with E-state index in [0.717, 1.165) is 41.2 Å². The Bertz CT molecular complexity index is 1170. The van der Waals surface area contributed by atoms with E-state index >= 15 is 0 Å². The number of aryl methyl sites for hydroxylation is 1. The first kappa shape index (κ1) is 25.8. The molecule has 0 bridgehead atoms. The molecule has 0 spiro atoms. The number of halogens is 2. The normalized spacial score (nSPS) is 10.8. The number of rotatable bonds is 12. The van der Waals surface area contributed by atoms with Crippen molar-refractivity contribution in [2.75, 3.05) is 12.4 Å². The molecule has 0 atom stereocenters. The summed E-state index contributed by atoms with van der Waals surface area (Å²) in [6.07, 6.45) is 2.36. The number of ketones is 1. The maximum Gasteiger partial charge on any atom is 0.307 e. The van der Waals surface area contributed by atoms with Gasteiger partial charge < -0.3 is 9.84 Å². The van der Waals surface area contributed by atoms with Crippen molar-refractivity contribution in [2.24, 2.45) is 0 Å². The van der Waals surface area contributed by atoms with E-state index in [1.165, 1.54) is 12.1 Å². The van der Waals surface area contributed by atoms with E-state index in [4.69, 9.17) is 21.4 Å². The smallest absolute Gasteiger partial charge is 0.307 e. The zero-order valence-electron chi connectivity index (χ0n) is 18.9. The molecule has 0 amide bonds. The van der Waals surface area contributed by atoms with Crippen LogP contribution in [0.5, 0.6) is 5.75 Å². The van der Waals surface area contributed by atoms with Gasteiger partial charge in [-0.3, -0.25) is 9.59 Å². The van der Waals surface area contributed by atoms with Crippen LogP contribution >= 0.6 is 23.4 Å². The summed E-state index contributed by atoms with van der Waals surface area (Å²) >= 11 is 7.87. The largest absolute Gasteiger partial charge is 0.493 e. The van der Waals surface area contributed by atoms with E-state index in [1.54, 1.807) is 54.2 Å². The lowest BCUT2D eigenvalue weighted by Crippen LogP contribution is -2.07. The topological polar surface area (TPSA) is 63.6 Å². The summed E-state index contributed by atoms with van der Waals surface area (Å²) in [5, 5.41) is 9.43. The van der Waals surface area contributed by atoms with Crippen LogP contribution in [-0.4, -0.2) is 29.2 Å². The predicted molar refractivity (Wildman–Crippen MR) is 134 cm³/mol. The Morgan fingerprint density at radius 1 is 1.09 bits per heavy atom. The third kappa shape index (κ3) is 7.08. The van der Waals surface area contributed by atoms with Crippen molar-refractivity contribution in [3.63, 3.8) is 0 Å². The molecule has 0 aliphatic heterocycles. The van der Waals surface area contributed by atoms with Crippen molar-refractivity contribution in [1.82, 2.24) is 0 Å². The van der Waals surface area contributed by atoms with Crippen molar-refractivity contribution in [2.45, 2.75) is 37.5 Å². The second kappa shape index (κ2) is 12.6. The fourth-order valence-corrected chi connectivity index (χ4v) is 4.71. The number of aliphatic carboxylic acids is 1. The van der Waals surface area contributed by atoms with Crippen LogP contribution in [0.25, 0.3) is 0 Å². The average molecular weight is 501 g/mol. The molecule has 0 saturated heterocycles. The van der Waals surface area contributed by atoms with Crippen molar-refractivity contribution in [1.29, 1.82) is 0 Å². The SMILES string of the molecule is CCCc1cc(C(=O)c2ccccc2F)ccc1OCCCSc1ccc(CC(=O)O)cc1Cl. The molecule has 0 aromatic heterocycles. The van der Waals surface area contributed by atoms with Crippen molar-refractivity contribution in [3.05, 3.63) is 93.8 Å². The maximum atomic E-state index is 14.0. The first-order chi connectivity index (χ1) is 16.4. The van der Waals surface area contributed by atoms with Crippen LogP contribution in [0.1, 0.15) is 46.8 Å². The lowest BCUT2D eigenvalue weighted by Gasteiger charge is -2.13. The molecule has 7 heteroatoms. The Morgan fingerprint density at radius 3 is 2.59 bits per heavy atom. The molecule has 4 nitrogen and oxygen atoms in total. The highest BCUT2D eigenvalue weighted by atomic mass is 35.5. The molecule has 178 valence electrons. The van der Waals surface area contributed by atoms with Gasteiger partial charge in [-0.1, -0.05) is 43.1 Å². The second-order valence-corrected chi connectivity index (χ2v) is 9.31. The molecule has 0 radical (unpaired) electrons. The van der Waals surface area contributed by atoms with Crippen LogP contribution in [0.2, 0.25) is 5.02 Å². The molecule has 0 saturated carbocycles. The van der Waals surface area contributed by atoms with Crippen molar-refractivity contribution < 1.29 is 23.8 Å². The first-order valence-electron chi connectivity index (χ1n) is 11.1. The van der Waals surface area contributed by atoms with Crippen LogP contribution in [-0.2, 0) is 17.6 Å². The summed E-state index contributed by atoms with van der Waals surface area (Å²) in [7, 11) is 0. The van der Waals surface area contributed by atoms with Crippen molar-refractivity contribution in [3.8, 4) is 5.75 Å². The zero-order valence-corrected chi connectivity index (χ0v) is 20.4. The van der Waals surface area contributed by atoms with E-state index < -0.39 is 11.8 Å². The Labute approximate surface area is 208 Å². The quantitative estimate of drug-likeness (QED) is 0.167. The average Bonchev–Trinajstić information content (AvgIpc) is 2.80. The summed E-state index contributed by atoms with van der Waals surface area (Å²) in [6.45, 7) is 2.55. The molecule has 0 aliphatic carbocycles. The van der Waals surface area contributed by atoms with E-state index in [0.29, 0.717) is 22.8 Å². The third-order valence-corrected chi connectivity index (χ3v) is 6.70. The van der Waals surface area contributed by atoms with E-state index in [-0.39, 0.29) is 17.8 Å². The number of hydrogen-bond donors (Lipinski definition) is 1. The summed E-state index contributed by atoms with van der Waals surface area (Å²) in [5.41, 5.74) is 2.10. The van der Waals surface area contributed by atoms with Gasteiger partial charge in [0.2, 0.25) is 0 Å². The first-order valence-corrected chi connectivity index (χ1v) is 12.4. The highest BCUT2D eigenvalue weighted by Crippen LogP contribution is 2.29. The van der Waals surface area contributed by atoms with Gasteiger partial charge in [0, 0.05) is 16.2 Å². The van der Waals surface area contributed by atoms with Crippen LogP contribution < -0.4 is 4.74 Å². The maximum absolute atomic E-state index is 14.0. The summed E-state index contributed by atoms with van der Waals surface area (Å²) < 4.78 is 20.0. The van der Waals surface area contributed by atoms with Gasteiger partial charge in [-0.15, -0.1) is 11.8 Å². The summed E-state index contributed by atoms with van der Waals surface area (Å²) in [6, 6.07) is 16.6. The fourth-order valence-electron chi connectivity index (χ4n) is 3.50. The number of thioether (sulfide) groups is 1. The standard InChI is InChI=1S/C27H26ClFO4S/c1-2-6-19-17-20(27(32)21-7-3-4-8-23(21)29)10-11-24(19)33-13-5-14-34-25-12-9-18(15-22(25)28)16-26(30)31/h3-4,7-12,15,17H,2,5-6,13-14,16H2,1H3,(H,30,31). The number of benzene rings is 3. The molecule has 0 fully saturated rings. The van der Waals surface area contributed by atoms with E-state index in [1.807, 2.05) is 6.07 Å². The molecule has 1 N–H and O–H groups in total. The van der Waals surface area contributed by atoms with Gasteiger partial charge in [0.1, 0.15) is 11.6 Å². The molecule has 0 aliphatic rings. The number of carboxylic acid groups (broad SMARTS) is 1. The minimum atomic E-state index is -0.888. The molecule has 34 heavy (non-hydrogen) atoms. The number of carboxylic acids is 1. The van der Waals surface area contributed by atoms with E-state index in [9.17, 15) is 14.0 Å². The highest BCUT2D eigenvalue weighted by Gasteiger charge is 2.15. The Balaban J connectivity index is 1.57. The molecule has 3 aromatic rings. The van der Waals surface area contributed by atoms with Crippen molar-refractivity contribution >= 4 is 35.1 Å². The minimum absolute atomic E-state index is 0.0523. The van der Waals surface area contributed by atoms with Gasteiger partial charge in [0.25, 0.3) is 0 Å². The van der Waals surface area contributed by atoms with Gasteiger partial charge in [0.15, 0.2) is 5.78 Å². The number of carbonyl (C=O) groups excluding carboxylic acids is 1. The number of hydrogen-bond acceptors (Lipinski definition) is 4. The molecule has 3 aromatic carbocycles. The Hall–Kier alpha value is -2.83. The second-order valence-electron chi connectivity index (χ2n) is 7.77. The summed E-state index contributed by atoms with van der Waals surface area (Å²) in [5.74, 6) is -0.248. The third-order valence-electron chi connectivity index (χ3n) is 5.12. The minimum Gasteiger partial charge on any atom is -0.493 e. The molecular formula is C27H26ClFO4S. The van der Waals surface area contributed by atoms with Gasteiger partial charge in [0.05, 0.1) is 23.6 Å². The predicted octanol–water partition coefficient (Wildman–Crippen LogP) is 6.85. The fraction of sp³-hybridized carbons (Fsp3) is 0.259. The molecule has 0 unspecified atom stereocenters. The highest BCUT2D eigenvalue weighted by molar-refractivity contribution is 7.99. The van der Waals surface area contributed by atoms with Gasteiger partial charge in [-0.25, -0.2) is 4.39 Å². The lowest BCUT2D eigenvalue weighted by atomic mass is 9.99. The van der Waals surface area contributed by atoms with Gasteiger partial charge >= 0.3 is 5.97 Å². The number of ether oxygens (including phenoxy) is 1. The zero-order chi connectivity index (χ0) is 24.5. The molecule has 3 rings (SSSR count). The Morgan fingerprint density at radius 2 is 1.88 bits per heavy atom. The number of carbonyl (C=O) groups is 2. The molecule has 0 heterocycles. The van der Waals surface area contributed by atoms with Crippen LogP contribution in [0.15, 0.2) is 65.6 Å². The van der Waals surface area contributed by atoms with Gasteiger partial charge in [-0.2, -0.15) is 0 Å². The van der Waals surface area contributed by atoms with Crippen LogP contribution in [0, 0.1) is 5.82 Å². The summed E-state index contributed by atoms with van der Waals surface area (Å²) in [4.78, 5) is 24.5. The van der Waals surface area contributed by atoms with Crippen LogP contribution in [0.3, 0.4) is 0 Å².